The summed E-state index contributed by atoms with van der Waals surface area (Å²) in [5.74, 6) is 0.0534. The van der Waals surface area contributed by atoms with Crippen molar-refractivity contribution in [2.75, 3.05) is 5.32 Å². The molecule has 0 radical (unpaired) electrons. The Morgan fingerprint density at radius 2 is 2.00 bits per heavy atom. The van der Waals surface area contributed by atoms with Gasteiger partial charge in [0.05, 0.1) is 11.8 Å². The molecule has 26 heavy (non-hydrogen) atoms. The minimum atomic E-state index is -0.704. The molecule has 0 fully saturated rings. The Morgan fingerprint density at radius 3 is 2.81 bits per heavy atom. The van der Waals surface area contributed by atoms with Gasteiger partial charge in [0.1, 0.15) is 5.52 Å². The number of aromatic nitrogens is 4. The molecule has 7 heteroatoms. The number of hydrogen-bond donors (Lipinski definition) is 1. The Hall–Kier alpha value is -3.79. The summed E-state index contributed by atoms with van der Waals surface area (Å²) in [7, 11) is 0. The number of benzene rings is 1. The number of rotatable bonds is 5. The standard InChI is InChI=1S/C19H14N6O/c20-10-14(18-24-16-5-1-2-6-17(16)26-18)15-7-9-22-19(25-15)23-12-13-4-3-8-21-11-13/h1-9,11,14H,12H2,(H,22,23,25). The molecule has 0 aliphatic rings. The van der Waals surface area contributed by atoms with Gasteiger partial charge in [-0.15, -0.1) is 0 Å². The van der Waals surface area contributed by atoms with Gasteiger partial charge in [0.25, 0.3) is 0 Å². The third kappa shape index (κ3) is 3.21. The maximum atomic E-state index is 9.62. The van der Waals surface area contributed by atoms with Crippen LogP contribution in [0.25, 0.3) is 11.1 Å². The zero-order valence-electron chi connectivity index (χ0n) is 13.7. The second kappa shape index (κ2) is 6.99. The van der Waals surface area contributed by atoms with Crippen LogP contribution in [0, 0.1) is 11.3 Å². The Morgan fingerprint density at radius 1 is 1.08 bits per heavy atom. The highest BCUT2D eigenvalue weighted by Crippen LogP contribution is 2.26. The van der Waals surface area contributed by atoms with Crippen molar-refractivity contribution >= 4 is 17.0 Å². The molecule has 4 rings (SSSR count). The predicted octanol–water partition coefficient (Wildman–Crippen LogP) is 3.28. The summed E-state index contributed by atoms with van der Waals surface area (Å²) in [6.45, 7) is 0.539. The molecule has 4 aromatic rings. The van der Waals surface area contributed by atoms with Gasteiger partial charge in [0.2, 0.25) is 11.8 Å². The van der Waals surface area contributed by atoms with Crippen LogP contribution in [-0.4, -0.2) is 19.9 Å². The molecule has 0 aliphatic carbocycles. The van der Waals surface area contributed by atoms with Crippen molar-refractivity contribution in [3.63, 3.8) is 0 Å². The molecule has 3 heterocycles. The van der Waals surface area contributed by atoms with Gasteiger partial charge >= 0.3 is 0 Å². The zero-order chi connectivity index (χ0) is 17.8. The largest absolute Gasteiger partial charge is 0.439 e. The molecule has 1 atom stereocenters. The number of nitriles is 1. The monoisotopic (exact) mass is 342 g/mol. The minimum Gasteiger partial charge on any atom is -0.439 e. The molecular weight excluding hydrogens is 328 g/mol. The van der Waals surface area contributed by atoms with Gasteiger partial charge in [-0.2, -0.15) is 5.26 Å². The number of pyridine rings is 1. The van der Waals surface area contributed by atoms with Gasteiger partial charge < -0.3 is 9.73 Å². The van der Waals surface area contributed by atoms with Crippen molar-refractivity contribution in [3.8, 4) is 6.07 Å². The number of oxazole rings is 1. The van der Waals surface area contributed by atoms with Gasteiger partial charge in [0.15, 0.2) is 11.5 Å². The minimum absolute atomic E-state index is 0.325. The molecule has 0 saturated heterocycles. The topological polar surface area (TPSA) is 101 Å². The van der Waals surface area contributed by atoms with Crippen LogP contribution >= 0.6 is 0 Å². The highest BCUT2D eigenvalue weighted by molar-refractivity contribution is 5.72. The molecule has 1 unspecified atom stereocenters. The Kier molecular flexibility index (Phi) is 4.23. The number of anilines is 1. The Labute approximate surface area is 149 Å². The first-order valence-electron chi connectivity index (χ1n) is 8.04. The van der Waals surface area contributed by atoms with Gasteiger partial charge in [-0.1, -0.05) is 18.2 Å². The molecule has 0 saturated carbocycles. The fraction of sp³-hybridized carbons (Fsp3) is 0.105. The number of nitrogens with one attached hydrogen (secondary N) is 1. The van der Waals surface area contributed by atoms with Crippen LogP contribution in [-0.2, 0) is 6.54 Å². The van der Waals surface area contributed by atoms with Crippen molar-refractivity contribution in [2.24, 2.45) is 0 Å². The summed E-state index contributed by atoms with van der Waals surface area (Å²) in [6.07, 6.45) is 5.10. The first-order valence-corrected chi connectivity index (χ1v) is 8.04. The summed E-state index contributed by atoms with van der Waals surface area (Å²) in [5, 5.41) is 12.8. The quantitative estimate of drug-likeness (QED) is 0.594. The molecular formula is C19H14N6O. The number of nitrogens with zero attached hydrogens (tertiary/aromatic N) is 5. The highest BCUT2D eigenvalue weighted by Gasteiger charge is 2.22. The van der Waals surface area contributed by atoms with E-state index in [2.05, 4.69) is 31.3 Å². The van der Waals surface area contributed by atoms with Gasteiger partial charge in [0, 0.05) is 25.1 Å². The van der Waals surface area contributed by atoms with Crippen LogP contribution in [0.5, 0.6) is 0 Å². The molecule has 126 valence electrons. The lowest BCUT2D eigenvalue weighted by atomic mass is 10.1. The molecule has 1 aromatic carbocycles. The van der Waals surface area contributed by atoms with Crippen LogP contribution < -0.4 is 5.32 Å². The Balaban J connectivity index is 1.58. The first kappa shape index (κ1) is 15.7. The summed E-state index contributed by atoms with van der Waals surface area (Å²) in [4.78, 5) is 17.1. The summed E-state index contributed by atoms with van der Waals surface area (Å²) < 4.78 is 5.72. The SMILES string of the molecule is N#CC(c1ccnc(NCc2cccnc2)n1)c1nc2ccccc2o1. The van der Waals surface area contributed by atoms with E-state index in [1.807, 2.05) is 36.4 Å². The van der Waals surface area contributed by atoms with Crippen LogP contribution in [0.2, 0.25) is 0 Å². The summed E-state index contributed by atoms with van der Waals surface area (Å²) in [5.41, 5.74) is 2.90. The third-order valence-electron chi connectivity index (χ3n) is 3.83. The van der Waals surface area contributed by atoms with E-state index in [0.717, 1.165) is 5.56 Å². The van der Waals surface area contributed by atoms with E-state index in [1.54, 1.807) is 24.7 Å². The number of hydrogen-bond acceptors (Lipinski definition) is 7. The summed E-state index contributed by atoms with van der Waals surface area (Å²) >= 11 is 0. The smallest absolute Gasteiger partial charge is 0.223 e. The average molecular weight is 342 g/mol. The second-order valence-corrected chi connectivity index (χ2v) is 5.60. The fourth-order valence-electron chi connectivity index (χ4n) is 2.56. The molecule has 0 bridgehead atoms. The van der Waals surface area contributed by atoms with Gasteiger partial charge in [-0.25, -0.2) is 15.0 Å². The van der Waals surface area contributed by atoms with Crippen LogP contribution in [0.15, 0.2) is 65.5 Å². The molecule has 0 amide bonds. The van der Waals surface area contributed by atoms with Gasteiger partial charge in [-0.3, -0.25) is 4.98 Å². The first-order chi connectivity index (χ1) is 12.8. The van der Waals surface area contributed by atoms with Crippen molar-refractivity contribution in [2.45, 2.75) is 12.5 Å². The third-order valence-corrected chi connectivity index (χ3v) is 3.83. The van der Waals surface area contributed by atoms with Crippen LogP contribution in [0.4, 0.5) is 5.95 Å². The van der Waals surface area contributed by atoms with Gasteiger partial charge in [-0.05, 0) is 29.8 Å². The van der Waals surface area contributed by atoms with E-state index in [4.69, 9.17) is 4.42 Å². The van der Waals surface area contributed by atoms with E-state index >= 15 is 0 Å². The zero-order valence-corrected chi connectivity index (χ0v) is 13.7. The maximum absolute atomic E-state index is 9.62. The predicted molar refractivity (Wildman–Crippen MR) is 95.1 cm³/mol. The van der Waals surface area contributed by atoms with E-state index in [9.17, 15) is 5.26 Å². The fourth-order valence-corrected chi connectivity index (χ4v) is 2.56. The molecule has 0 spiro atoms. The van der Waals surface area contributed by atoms with E-state index < -0.39 is 5.92 Å². The Bertz CT molecular complexity index is 1040. The lowest BCUT2D eigenvalue weighted by Crippen LogP contribution is -2.08. The lowest BCUT2D eigenvalue weighted by molar-refractivity contribution is 0.525. The highest BCUT2D eigenvalue weighted by atomic mass is 16.3. The van der Waals surface area contributed by atoms with E-state index in [0.29, 0.717) is 35.2 Å². The van der Waals surface area contributed by atoms with Crippen molar-refractivity contribution in [3.05, 3.63) is 78.2 Å². The van der Waals surface area contributed by atoms with Crippen molar-refractivity contribution < 1.29 is 4.42 Å². The lowest BCUT2D eigenvalue weighted by Gasteiger charge is -2.08. The molecule has 7 nitrogen and oxygen atoms in total. The van der Waals surface area contributed by atoms with Crippen LogP contribution in [0.3, 0.4) is 0 Å². The molecule has 0 aliphatic heterocycles. The van der Waals surface area contributed by atoms with Crippen LogP contribution in [0.1, 0.15) is 23.1 Å². The van der Waals surface area contributed by atoms with Crippen molar-refractivity contribution in [1.29, 1.82) is 5.26 Å². The summed E-state index contributed by atoms with van der Waals surface area (Å²) in [6, 6.07) is 15.1. The number of fused-ring (bicyclic) bond motifs is 1. The normalized spacial score (nSPS) is 11.8. The maximum Gasteiger partial charge on any atom is 0.223 e. The number of para-hydroxylation sites is 2. The second-order valence-electron chi connectivity index (χ2n) is 5.60. The molecule has 3 aromatic heterocycles. The van der Waals surface area contributed by atoms with E-state index in [1.165, 1.54) is 0 Å². The average Bonchev–Trinajstić information content (AvgIpc) is 3.12. The van der Waals surface area contributed by atoms with Crippen molar-refractivity contribution in [1.82, 2.24) is 19.9 Å². The molecule has 1 N–H and O–H groups in total. The van der Waals surface area contributed by atoms with E-state index in [-0.39, 0.29) is 0 Å².